The zero-order chi connectivity index (χ0) is 29.1. The van der Waals surface area contributed by atoms with E-state index in [1.165, 1.54) is 11.3 Å². The van der Waals surface area contributed by atoms with Crippen LogP contribution in [0, 0.1) is 22.7 Å². The fourth-order valence-corrected chi connectivity index (χ4v) is 7.20. The number of hydrogen-bond donors (Lipinski definition) is 1. The minimum atomic E-state index is -1.04. The van der Waals surface area contributed by atoms with Gasteiger partial charge in [0.25, 0.3) is 5.79 Å². The molecule has 2 fully saturated rings. The molecule has 1 N–H and O–H groups in total. The van der Waals surface area contributed by atoms with Gasteiger partial charge in [0.2, 0.25) is 0 Å². The average Bonchev–Trinajstić information content (AvgIpc) is 3.54. The van der Waals surface area contributed by atoms with Gasteiger partial charge in [-0.05, 0) is 69.0 Å². The van der Waals surface area contributed by atoms with E-state index in [0.717, 1.165) is 61.4 Å². The van der Waals surface area contributed by atoms with Gasteiger partial charge < -0.3 is 19.1 Å². The third-order valence-corrected chi connectivity index (χ3v) is 10.0. The van der Waals surface area contributed by atoms with Gasteiger partial charge in [0.1, 0.15) is 27.0 Å². The van der Waals surface area contributed by atoms with Gasteiger partial charge >= 0.3 is 5.97 Å². The lowest BCUT2D eigenvalue weighted by Gasteiger charge is -2.44. The SMILES string of the molecule is C[C@@]1(c2ccc(Cl)cn2)Oc2ccccc2C(C2CCN(Cc3nc4sc(C(=O)O)cc4n3CC3(C#N)CC3)CC2)O1. The van der Waals surface area contributed by atoms with Gasteiger partial charge in [-0.1, -0.05) is 29.8 Å². The second-order valence-corrected chi connectivity index (χ2v) is 13.2. The number of carboxylic acids is 1. The van der Waals surface area contributed by atoms with Gasteiger partial charge in [-0.25, -0.2) is 9.78 Å². The fourth-order valence-electron chi connectivity index (χ4n) is 6.19. The van der Waals surface area contributed by atoms with Crippen LogP contribution in [0.25, 0.3) is 10.3 Å². The van der Waals surface area contributed by atoms with E-state index in [1.54, 1.807) is 18.3 Å². The smallest absolute Gasteiger partial charge is 0.346 e. The molecule has 7 rings (SSSR count). The number of imidazole rings is 1. The van der Waals surface area contributed by atoms with Crippen molar-refractivity contribution in [1.82, 2.24) is 19.4 Å². The predicted octanol–water partition coefficient (Wildman–Crippen LogP) is 6.38. The first-order valence-corrected chi connectivity index (χ1v) is 15.4. The summed E-state index contributed by atoms with van der Waals surface area (Å²) in [4.78, 5) is 24.3. The summed E-state index contributed by atoms with van der Waals surface area (Å²) in [5.74, 6) is -0.0000275. The Kier molecular flexibility index (Phi) is 6.74. The standard InChI is InChI=1S/C31H30ClN5O4S/c1-30(25-7-6-20(32)15-34-25)40-23-5-3-2-4-21(23)27(41-30)19-8-12-36(13-9-19)16-26-35-28-22(14-24(42-28)29(38)39)37(26)18-31(17-33)10-11-31/h2-7,14-15,19,27H,8-13,16,18H2,1H3,(H,38,39)/t27?,30-/m1/s1. The van der Waals surface area contributed by atoms with Crippen LogP contribution in [0.3, 0.4) is 0 Å². The van der Waals surface area contributed by atoms with E-state index in [1.807, 2.05) is 31.2 Å². The first kappa shape index (κ1) is 27.3. The van der Waals surface area contributed by atoms with Crippen LogP contribution in [0.5, 0.6) is 5.75 Å². The highest BCUT2D eigenvalue weighted by Crippen LogP contribution is 2.49. The van der Waals surface area contributed by atoms with Crippen molar-refractivity contribution >= 4 is 39.3 Å². The number of ether oxygens (including phenoxy) is 2. The van der Waals surface area contributed by atoms with Crippen molar-refractivity contribution in [3.05, 3.63) is 75.6 Å². The van der Waals surface area contributed by atoms with Crippen molar-refractivity contribution < 1.29 is 19.4 Å². The van der Waals surface area contributed by atoms with E-state index in [-0.39, 0.29) is 22.3 Å². The molecule has 1 saturated heterocycles. The molecule has 2 atom stereocenters. The van der Waals surface area contributed by atoms with Crippen LogP contribution in [0.1, 0.15) is 65.5 Å². The summed E-state index contributed by atoms with van der Waals surface area (Å²) in [6.07, 6.45) is 5.06. The number of halogens is 1. The van der Waals surface area contributed by atoms with E-state index < -0.39 is 11.8 Å². The lowest BCUT2D eigenvalue weighted by atomic mass is 9.86. The van der Waals surface area contributed by atoms with E-state index in [2.05, 4.69) is 26.6 Å². The molecular weight excluding hydrogens is 574 g/mol. The summed E-state index contributed by atoms with van der Waals surface area (Å²) < 4.78 is 15.2. The molecule has 1 unspecified atom stereocenters. The summed E-state index contributed by atoms with van der Waals surface area (Å²) in [7, 11) is 0. The number of nitrogens with zero attached hydrogens (tertiary/aromatic N) is 5. The summed E-state index contributed by atoms with van der Waals surface area (Å²) >= 11 is 7.29. The number of rotatable bonds is 7. The lowest BCUT2D eigenvalue weighted by Crippen LogP contribution is -2.43. The number of fused-ring (bicyclic) bond motifs is 2. The third kappa shape index (κ3) is 4.94. The zero-order valence-electron chi connectivity index (χ0n) is 23.1. The van der Waals surface area contributed by atoms with Crippen LogP contribution in [-0.4, -0.2) is 43.6 Å². The Morgan fingerprint density at radius 2 is 2.02 bits per heavy atom. The number of piperidine rings is 1. The van der Waals surface area contributed by atoms with Gasteiger partial charge in [0.15, 0.2) is 0 Å². The number of carbonyl (C=O) groups is 1. The molecule has 3 aliphatic rings. The van der Waals surface area contributed by atoms with Gasteiger partial charge in [0.05, 0.1) is 34.7 Å². The Morgan fingerprint density at radius 1 is 1.24 bits per heavy atom. The summed E-state index contributed by atoms with van der Waals surface area (Å²) in [6, 6.07) is 15.9. The number of aromatic nitrogens is 3. The molecule has 9 nitrogen and oxygen atoms in total. The van der Waals surface area contributed by atoms with E-state index in [0.29, 0.717) is 28.6 Å². The van der Waals surface area contributed by atoms with Crippen molar-refractivity contribution in [2.75, 3.05) is 13.1 Å². The lowest BCUT2D eigenvalue weighted by molar-refractivity contribution is -0.244. The first-order valence-electron chi connectivity index (χ1n) is 14.2. The van der Waals surface area contributed by atoms with Crippen LogP contribution in [0.2, 0.25) is 5.02 Å². The van der Waals surface area contributed by atoms with Crippen molar-refractivity contribution in [2.24, 2.45) is 11.3 Å². The van der Waals surface area contributed by atoms with Crippen molar-refractivity contribution in [1.29, 1.82) is 5.26 Å². The quantitative estimate of drug-likeness (QED) is 0.259. The Hall–Kier alpha value is -3.49. The number of thiophene rings is 1. The highest BCUT2D eigenvalue weighted by atomic mass is 35.5. The first-order chi connectivity index (χ1) is 20.3. The van der Waals surface area contributed by atoms with Crippen LogP contribution in [0.15, 0.2) is 48.7 Å². The van der Waals surface area contributed by atoms with E-state index in [9.17, 15) is 15.2 Å². The molecule has 42 heavy (non-hydrogen) atoms. The molecule has 1 aromatic carbocycles. The average molecular weight is 604 g/mol. The molecule has 4 aromatic rings. The van der Waals surface area contributed by atoms with Gasteiger partial charge in [-0.15, -0.1) is 11.3 Å². The number of likely N-dealkylation sites (tertiary alicyclic amines) is 1. The molecule has 0 bridgehead atoms. The van der Waals surface area contributed by atoms with Crippen molar-refractivity contribution in [3.63, 3.8) is 0 Å². The minimum Gasteiger partial charge on any atom is -0.477 e. The second-order valence-electron chi connectivity index (χ2n) is 11.7. The summed E-state index contributed by atoms with van der Waals surface area (Å²) in [5.41, 5.74) is 2.16. The fraction of sp³-hybridized carbons (Fsp3) is 0.419. The number of para-hydroxylation sites is 1. The molecule has 0 spiro atoms. The molecule has 0 radical (unpaired) electrons. The number of carboxylic acid groups (broad SMARTS) is 1. The largest absolute Gasteiger partial charge is 0.477 e. The van der Waals surface area contributed by atoms with Crippen LogP contribution in [-0.2, 0) is 23.6 Å². The van der Waals surface area contributed by atoms with Crippen LogP contribution >= 0.6 is 22.9 Å². The highest BCUT2D eigenvalue weighted by Gasteiger charge is 2.45. The Morgan fingerprint density at radius 3 is 2.71 bits per heavy atom. The minimum absolute atomic E-state index is 0.147. The number of nitriles is 1. The molecular formula is C31H30ClN5O4S. The molecule has 3 aromatic heterocycles. The number of pyridine rings is 1. The van der Waals surface area contributed by atoms with Crippen molar-refractivity contribution in [3.8, 4) is 11.8 Å². The zero-order valence-corrected chi connectivity index (χ0v) is 24.7. The predicted molar refractivity (Wildman–Crippen MR) is 157 cm³/mol. The number of benzene rings is 1. The maximum absolute atomic E-state index is 11.6. The third-order valence-electron chi connectivity index (χ3n) is 8.79. The topological polar surface area (TPSA) is 113 Å². The normalized spacial score (nSPS) is 23.7. The number of aromatic carboxylic acids is 1. The molecule has 0 amide bonds. The Labute approximate surface area is 252 Å². The maximum atomic E-state index is 11.6. The molecule has 1 aliphatic carbocycles. The van der Waals surface area contributed by atoms with E-state index in [4.69, 9.17) is 26.1 Å². The summed E-state index contributed by atoms with van der Waals surface area (Å²) in [6.45, 7) is 4.85. The Bertz CT molecular complexity index is 1700. The molecule has 1 saturated carbocycles. The monoisotopic (exact) mass is 603 g/mol. The maximum Gasteiger partial charge on any atom is 0.346 e. The number of hydrogen-bond acceptors (Lipinski definition) is 8. The summed E-state index contributed by atoms with van der Waals surface area (Å²) in [5, 5.41) is 19.8. The van der Waals surface area contributed by atoms with Gasteiger partial charge in [0, 0.05) is 25.2 Å². The van der Waals surface area contributed by atoms with Crippen LogP contribution in [0.4, 0.5) is 0 Å². The highest BCUT2D eigenvalue weighted by molar-refractivity contribution is 7.20. The molecule has 216 valence electrons. The van der Waals surface area contributed by atoms with E-state index >= 15 is 0 Å². The Balaban J connectivity index is 1.10. The second kappa shape index (κ2) is 10.3. The van der Waals surface area contributed by atoms with Gasteiger partial charge in [-0.2, -0.15) is 5.26 Å². The van der Waals surface area contributed by atoms with Crippen LogP contribution < -0.4 is 4.74 Å². The molecule has 2 aliphatic heterocycles. The van der Waals surface area contributed by atoms with Crippen molar-refractivity contribution in [2.45, 2.75) is 57.6 Å². The molecule has 5 heterocycles. The molecule has 11 heteroatoms. The van der Waals surface area contributed by atoms with Gasteiger partial charge in [-0.3, -0.25) is 9.88 Å².